The van der Waals surface area contributed by atoms with Crippen molar-refractivity contribution in [3.63, 3.8) is 0 Å². The SMILES string of the molecule is CN(C)c1ccc(NC(=O)C(C)(C)C)cc1C(=O)NCCc1ccccc1. The number of carbonyl (C=O) groups is 2. The molecule has 0 aromatic heterocycles. The summed E-state index contributed by atoms with van der Waals surface area (Å²) >= 11 is 0. The fourth-order valence-corrected chi connectivity index (χ4v) is 2.56. The third-order valence-electron chi connectivity index (χ3n) is 4.20. The van der Waals surface area contributed by atoms with E-state index in [1.54, 1.807) is 6.07 Å². The molecule has 0 heterocycles. The number of carbonyl (C=O) groups excluding carboxylic acids is 2. The number of nitrogens with zero attached hydrogens (tertiary/aromatic N) is 1. The van der Waals surface area contributed by atoms with Gasteiger partial charge in [0, 0.05) is 37.4 Å². The Morgan fingerprint density at radius 1 is 1.00 bits per heavy atom. The highest BCUT2D eigenvalue weighted by Gasteiger charge is 2.22. The van der Waals surface area contributed by atoms with E-state index in [1.165, 1.54) is 5.56 Å². The third-order valence-corrected chi connectivity index (χ3v) is 4.20. The van der Waals surface area contributed by atoms with Crippen molar-refractivity contribution in [1.29, 1.82) is 0 Å². The largest absolute Gasteiger partial charge is 0.377 e. The summed E-state index contributed by atoms with van der Waals surface area (Å²) < 4.78 is 0. The molecule has 0 unspecified atom stereocenters. The van der Waals surface area contributed by atoms with Gasteiger partial charge >= 0.3 is 0 Å². The van der Waals surface area contributed by atoms with Gasteiger partial charge in [0.15, 0.2) is 0 Å². The molecule has 2 rings (SSSR count). The minimum absolute atomic E-state index is 0.0875. The second-order valence-electron chi connectivity index (χ2n) is 7.82. The Bertz CT molecular complexity index is 793. The molecule has 5 heteroatoms. The van der Waals surface area contributed by atoms with Crippen molar-refractivity contribution in [3.8, 4) is 0 Å². The molecule has 0 saturated carbocycles. The molecule has 0 spiro atoms. The normalized spacial score (nSPS) is 11.0. The number of rotatable bonds is 6. The molecule has 0 radical (unpaired) electrons. The molecule has 0 aliphatic carbocycles. The zero-order valence-corrected chi connectivity index (χ0v) is 16.8. The van der Waals surface area contributed by atoms with E-state index < -0.39 is 5.41 Å². The molecule has 0 atom stereocenters. The molecule has 0 fully saturated rings. The van der Waals surface area contributed by atoms with Crippen molar-refractivity contribution in [3.05, 3.63) is 59.7 Å². The Morgan fingerprint density at radius 2 is 1.67 bits per heavy atom. The van der Waals surface area contributed by atoms with E-state index in [9.17, 15) is 9.59 Å². The second-order valence-corrected chi connectivity index (χ2v) is 7.82. The standard InChI is InChI=1S/C22H29N3O2/c1-22(2,3)21(27)24-17-11-12-19(25(4)5)18(15-17)20(26)23-14-13-16-9-7-6-8-10-16/h6-12,15H,13-14H2,1-5H3,(H,23,26)(H,24,27). The monoisotopic (exact) mass is 367 g/mol. The van der Waals surface area contributed by atoms with Crippen LogP contribution in [0.1, 0.15) is 36.7 Å². The quantitative estimate of drug-likeness (QED) is 0.818. The van der Waals surface area contributed by atoms with Gasteiger partial charge in [0.1, 0.15) is 0 Å². The highest BCUT2D eigenvalue weighted by Crippen LogP contribution is 2.24. The summed E-state index contributed by atoms with van der Waals surface area (Å²) in [5, 5.41) is 5.86. The van der Waals surface area contributed by atoms with E-state index >= 15 is 0 Å². The van der Waals surface area contributed by atoms with Gasteiger partial charge < -0.3 is 15.5 Å². The Labute approximate surface area is 161 Å². The van der Waals surface area contributed by atoms with Crippen LogP contribution in [-0.2, 0) is 11.2 Å². The van der Waals surface area contributed by atoms with Crippen LogP contribution in [0.2, 0.25) is 0 Å². The Morgan fingerprint density at radius 3 is 2.26 bits per heavy atom. The van der Waals surface area contributed by atoms with E-state index in [4.69, 9.17) is 0 Å². The smallest absolute Gasteiger partial charge is 0.253 e. The molecule has 0 aliphatic heterocycles. The molecule has 2 aromatic rings. The lowest BCUT2D eigenvalue weighted by Gasteiger charge is -2.21. The summed E-state index contributed by atoms with van der Waals surface area (Å²) in [4.78, 5) is 26.9. The lowest BCUT2D eigenvalue weighted by atomic mass is 9.95. The van der Waals surface area contributed by atoms with Crippen molar-refractivity contribution in [2.24, 2.45) is 5.41 Å². The van der Waals surface area contributed by atoms with Gasteiger partial charge in [-0.05, 0) is 30.2 Å². The van der Waals surface area contributed by atoms with Crippen molar-refractivity contribution in [1.82, 2.24) is 5.32 Å². The first kappa shape index (κ1) is 20.5. The molecule has 0 saturated heterocycles. The number of benzene rings is 2. The maximum Gasteiger partial charge on any atom is 0.253 e. The fourth-order valence-electron chi connectivity index (χ4n) is 2.56. The predicted octanol–water partition coefficient (Wildman–Crippen LogP) is 3.71. The molecule has 2 amide bonds. The van der Waals surface area contributed by atoms with Gasteiger partial charge in [-0.1, -0.05) is 51.1 Å². The minimum Gasteiger partial charge on any atom is -0.377 e. The molecule has 5 nitrogen and oxygen atoms in total. The van der Waals surface area contributed by atoms with Crippen LogP contribution in [0, 0.1) is 5.41 Å². The zero-order valence-electron chi connectivity index (χ0n) is 16.8. The summed E-state index contributed by atoms with van der Waals surface area (Å²) in [6.45, 7) is 6.11. The lowest BCUT2D eigenvalue weighted by Crippen LogP contribution is -2.29. The van der Waals surface area contributed by atoms with Crippen molar-refractivity contribution >= 4 is 23.2 Å². The first-order valence-corrected chi connectivity index (χ1v) is 9.13. The highest BCUT2D eigenvalue weighted by molar-refractivity contribution is 6.02. The van der Waals surface area contributed by atoms with Gasteiger partial charge in [-0.3, -0.25) is 9.59 Å². The van der Waals surface area contributed by atoms with E-state index in [1.807, 2.05) is 82.2 Å². The number of nitrogens with one attached hydrogen (secondary N) is 2. The van der Waals surface area contributed by atoms with Gasteiger partial charge in [0.2, 0.25) is 5.91 Å². The zero-order chi connectivity index (χ0) is 20.0. The van der Waals surface area contributed by atoms with Crippen LogP contribution in [0.15, 0.2) is 48.5 Å². The summed E-state index contributed by atoms with van der Waals surface area (Å²) in [6.07, 6.45) is 0.768. The van der Waals surface area contributed by atoms with Gasteiger partial charge in [0.05, 0.1) is 5.56 Å². The summed E-state index contributed by atoms with van der Waals surface area (Å²) in [6, 6.07) is 15.4. The van der Waals surface area contributed by atoms with Gasteiger partial charge in [-0.15, -0.1) is 0 Å². The molecule has 27 heavy (non-hydrogen) atoms. The molecule has 144 valence electrons. The van der Waals surface area contributed by atoms with Crippen LogP contribution >= 0.6 is 0 Å². The first-order valence-electron chi connectivity index (χ1n) is 9.13. The minimum atomic E-state index is -0.502. The Kier molecular flexibility index (Phi) is 6.61. The van der Waals surface area contributed by atoms with Gasteiger partial charge in [0.25, 0.3) is 5.91 Å². The molecule has 2 N–H and O–H groups in total. The third kappa shape index (κ3) is 5.84. The Balaban J connectivity index is 2.13. The molecular weight excluding hydrogens is 338 g/mol. The fraction of sp³-hybridized carbons (Fsp3) is 0.364. The van der Waals surface area contributed by atoms with Gasteiger partial charge in [-0.2, -0.15) is 0 Å². The van der Waals surface area contributed by atoms with E-state index in [0.29, 0.717) is 17.8 Å². The molecular formula is C22H29N3O2. The van der Waals surface area contributed by atoms with E-state index in [0.717, 1.165) is 12.1 Å². The summed E-state index contributed by atoms with van der Waals surface area (Å²) in [7, 11) is 3.78. The average molecular weight is 367 g/mol. The van der Waals surface area contributed by atoms with Crippen LogP contribution in [0.3, 0.4) is 0 Å². The molecule has 2 aromatic carbocycles. The maximum atomic E-state index is 12.7. The van der Waals surface area contributed by atoms with Crippen LogP contribution in [0.5, 0.6) is 0 Å². The summed E-state index contributed by atoms with van der Waals surface area (Å²) in [5.74, 6) is -0.239. The number of hydrogen-bond donors (Lipinski definition) is 2. The maximum absolute atomic E-state index is 12.7. The first-order chi connectivity index (χ1) is 12.7. The van der Waals surface area contributed by atoms with Gasteiger partial charge in [-0.25, -0.2) is 0 Å². The van der Waals surface area contributed by atoms with Crippen LogP contribution < -0.4 is 15.5 Å². The van der Waals surface area contributed by atoms with Crippen molar-refractivity contribution < 1.29 is 9.59 Å². The van der Waals surface area contributed by atoms with Crippen LogP contribution in [0.4, 0.5) is 11.4 Å². The molecule has 0 bridgehead atoms. The summed E-state index contributed by atoms with van der Waals surface area (Å²) in [5.41, 5.74) is 2.64. The number of anilines is 2. The lowest BCUT2D eigenvalue weighted by molar-refractivity contribution is -0.123. The van der Waals surface area contributed by atoms with E-state index in [-0.39, 0.29) is 11.8 Å². The predicted molar refractivity (Wildman–Crippen MR) is 111 cm³/mol. The van der Waals surface area contributed by atoms with Crippen LogP contribution in [0.25, 0.3) is 0 Å². The van der Waals surface area contributed by atoms with Crippen LogP contribution in [-0.4, -0.2) is 32.5 Å². The Hall–Kier alpha value is -2.82. The second kappa shape index (κ2) is 8.71. The molecule has 0 aliphatic rings. The van der Waals surface area contributed by atoms with Crippen molar-refractivity contribution in [2.45, 2.75) is 27.2 Å². The van der Waals surface area contributed by atoms with Crippen molar-refractivity contribution in [2.75, 3.05) is 30.9 Å². The topological polar surface area (TPSA) is 61.4 Å². The number of amides is 2. The average Bonchev–Trinajstić information content (AvgIpc) is 2.61. The van der Waals surface area contributed by atoms with E-state index in [2.05, 4.69) is 10.6 Å². The highest BCUT2D eigenvalue weighted by atomic mass is 16.2. The number of hydrogen-bond acceptors (Lipinski definition) is 3.